The van der Waals surface area contributed by atoms with Crippen LogP contribution in [0.5, 0.6) is 0 Å². The van der Waals surface area contributed by atoms with Crippen LogP contribution in [0.4, 0.5) is 0 Å². The minimum absolute atomic E-state index is 0.132. The number of nitrogens with two attached hydrogens (primary N) is 1. The molecular formula is C25H34ClN5O3. The zero-order valence-corrected chi connectivity index (χ0v) is 20.9. The average molecular weight is 488 g/mol. The van der Waals surface area contributed by atoms with Gasteiger partial charge in [-0.05, 0) is 62.8 Å². The average Bonchev–Trinajstić information content (AvgIpc) is 3.18. The molecule has 2 amide bonds. The van der Waals surface area contributed by atoms with Crippen LogP contribution in [0.2, 0.25) is 5.02 Å². The van der Waals surface area contributed by atoms with Crippen molar-refractivity contribution in [3.05, 3.63) is 52.3 Å². The van der Waals surface area contributed by atoms with Gasteiger partial charge in [-0.15, -0.1) is 0 Å². The van der Waals surface area contributed by atoms with E-state index in [1.54, 1.807) is 0 Å². The minimum atomic E-state index is -0.744. The molecule has 2 aliphatic rings. The van der Waals surface area contributed by atoms with E-state index in [-0.39, 0.29) is 6.04 Å². The summed E-state index contributed by atoms with van der Waals surface area (Å²) in [5.41, 5.74) is 3.52. The Labute approximate surface area is 205 Å². The number of morpholine rings is 1. The van der Waals surface area contributed by atoms with Gasteiger partial charge < -0.3 is 4.74 Å². The van der Waals surface area contributed by atoms with Crippen LogP contribution in [0, 0.1) is 6.92 Å². The molecule has 2 fully saturated rings. The second kappa shape index (κ2) is 10.6. The van der Waals surface area contributed by atoms with Crippen molar-refractivity contribution < 1.29 is 14.3 Å². The van der Waals surface area contributed by atoms with Crippen molar-refractivity contribution in [2.45, 2.75) is 70.1 Å². The van der Waals surface area contributed by atoms with Crippen LogP contribution in [-0.4, -0.2) is 62.8 Å². The number of carbonyl (C=O) groups excluding carboxylic acids is 2. The molecule has 0 spiro atoms. The van der Waals surface area contributed by atoms with E-state index in [1.807, 2.05) is 36.0 Å². The molecule has 2 heterocycles. The maximum Gasteiger partial charge on any atom is 0.273 e. The summed E-state index contributed by atoms with van der Waals surface area (Å²) in [6, 6.07) is 10.5. The molecule has 2 aromatic rings. The number of benzene rings is 1. The molecule has 8 nitrogen and oxygen atoms in total. The molecule has 4 rings (SSSR count). The number of aryl methyl sites for hydroxylation is 2. The van der Waals surface area contributed by atoms with Crippen LogP contribution >= 0.6 is 11.6 Å². The molecule has 34 heavy (non-hydrogen) atoms. The fourth-order valence-electron chi connectivity index (χ4n) is 5.18. The van der Waals surface area contributed by atoms with E-state index < -0.39 is 17.9 Å². The van der Waals surface area contributed by atoms with E-state index in [0.29, 0.717) is 35.1 Å². The van der Waals surface area contributed by atoms with E-state index in [2.05, 4.69) is 17.9 Å². The molecule has 2 atom stereocenters. The van der Waals surface area contributed by atoms with Crippen molar-refractivity contribution in [2.75, 3.05) is 13.2 Å². The first-order valence-electron chi connectivity index (χ1n) is 11.9. The van der Waals surface area contributed by atoms with Gasteiger partial charge in [0.15, 0.2) is 6.10 Å². The Morgan fingerprint density at radius 2 is 1.88 bits per heavy atom. The van der Waals surface area contributed by atoms with E-state index in [1.165, 1.54) is 23.9 Å². The van der Waals surface area contributed by atoms with Gasteiger partial charge >= 0.3 is 0 Å². The molecular weight excluding hydrogens is 454 g/mol. The van der Waals surface area contributed by atoms with Gasteiger partial charge in [0.25, 0.3) is 5.91 Å². The summed E-state index contributed by atoms with van der Waals surface area (Å²) >= 11 is 6.07. The number of aromatic nitrogens is 2. The van der Waals surface area contributed by atoms with Gasteiger partial charge in [-0.3, -0.25) is 19.2 Å². The number of carbonyl (C=O) groups is 2. The molecule has 0 unspecified atom stereocenters. The topological polar surface area (TPSA) is 93.7 Å². The highest BCUT2D eigenvalue weighted by atomic mass is 35.5. The maximum absolute atomic E-state index is 12.7. The van der Waals surface area contributed by atoms with Crippen LogP contribution in [0.15, 0.2) is 30.3 Å². The lowest BCUT2D eigenvalue weighted by Crippen LogP contribution is -2.60. The number of imide groups is 1. The fraction of sp³-hybridized carbons (Fsp3) is 0.560. The molecule has 1 aromatic heterocycles. The summed E-state index contributed by atoms with van der Waals surface area (Å²) in [6.45, 7) is 4.19. The summed E-state index contributed by atoms with van der Waals surface area (Å²) in [4.78, 5) is 26.8. The second-order valence-corrected chi connectivity index (χ2v) is 10.0. The van der Waals surface area contributed by atoms with E-state index in [0.717, 1.165) is 32.1 Å². The lowest BCUT2D eigenvalue weighted by molar-refractivity contribution is -0.161. The fourth-order valence-corrected chi connectivity index (χ4v) is 5.31. The molecule has 1 saturated heterocycles. The van der Waals surface area contributed by atoms with Gasteiger partial charge in [-0.25, -0.2) is 10.9 Å². The molecule has 1 saturated carbocycles. The number of nitrogens with zero attached hydrogens (tertiary/aromatic N) is 4. The number of hydrazine groups is 1. The predicted molar refractivity (Wildman–Crippen MR) is 130 cm³/mol. The highest BCUT2D eigenvalue weighted by Gasteiger charge is 2.40. The Bertz CT molecular complexity index is 997. The summed E-state index contributed by atoms with van der Waals surface area (Å²) in [5.74, 6) is 5.18. The van der Waals surface area contributed by atoms with Crippen molar-refractivity contribution in [1.82, 2.24) is 19.7 Å². The zero-order valence-electron chi connectivity index (χ0n) is 20.1. The van der Waals surface area contributed by atoms with Crippen molar-refractivity contribution >= 4 is 23.4 Å². The SMILES string of the molecule is CC(=O)N(N)C(=O)[C@H]1CN(C2CCC(c3cc(C)n(C)n3)CC2)[C@@H](Cc2ccc(Cl)cc2)CO1. The van der Waals surface area contributed by atoms with E-state index in [9.17, 15) is 9.59 Å². The largest absolute Gasteiger partial charge is 0.365 e. The number of ether oxygens (including phenoxy) is 1. The number of amides is 2. The first-order chi connectivity index (χ1) is 16.2. The van der Waals surface area contributed by atoms with Gasteiger partial charge in [-0.2, -0.15) is 5.10 Å². The van der Waals surface area contributed by atoms with Gasteiger partial charge in [0, 0.05) is 49.2 Å². The Balaban J connectivity index is 1.48. The first-order valence-corrected chi connectivity index (χ1v) is 12.3. The third-order valence-corrected chi connectivity index (χ3v) is 7.54. The highest BCUT2D eigenvalue weighted by molar-refractivity contribution is 6.30. The van der Waals surface area contributed by atoms with E-state index >= 15 is 0 Å². The van der Waals surface area contributed by atoms with Gasteiger partial charge in [0.1, 0.15) is 0 Å². The monoisotopic (exact) mass is 487 g/mol. The Kier molecular flexibility index (Phi) is 7.72. The number of hydrogen-bond donors (Lipinski definition) is 1. The van der Waals surface area contributed by atoms with Crippen LogP contribution in [0.25, 0.3) is 0 Å². The molecule has 1 aliphatic heterocycles. The number of halogens is 1. The molecule has 0 radical (unpaired) electrons. The van der Waals surface area contributed by atoms with Gasteiger partial charge in [-0.1, -0.05) is 23.7 Å². The van der Waals surface area contributed by atoms with Crippen molar-refractivity contribution in [1.29, 1.82) is 0 Å². The third-order valence-electron chi connectivity index (χ3n) is 7.29. The second-order valence-electron chi connectivity index (χ2n) is 9.57. The smallest absolute Gasteiger partial charge is 0.273 e. The highest BCUT2D eigenvalue weighted by Crippen LogP contribution is 2.36. The van der Waals surface area contributed by atoms with Gasteiger partial charge in [0.05, 0.1) is 12.3 Å². The number of hydrogen-bond acceptors (Lipinski definition) is 6. The van der Waals surface area contributed by atoms with Gasteiger partial charge in [0.2, 0.25) is 5.91 Å². The first kappa shape index (κ1) is 24.9. The molecule has 1 aliphatic carbocycles. The summed E-state index contributed by atoms with van der Waals surface area (Å²) in [5, 5.41) is 6.08. The standard InChI is InChI=1S/C25H34ClN5O3/c1-16-12-23(28-29(16)3)19-6-10-21(11-7-19)30-14-24(25(33)31(27)17(2)32)34-15-22(30)13-18-4-8-20(26)9-5-18/h4-5,8-9,12,19,21-22,24H,6-7,10-11,13-15,27H2,1-3H3/t19?,21?,22-,24+/m0/s1. The lowest BCUT2D eigenvalue weighted by Gasteiger charge is -2.46. The third kappa shape index (κ3) is 5.51. The Morgan fingerprint density at radius 1 is 1.21 bits per heavy atom. The van der Waals surface area contributed by atoms with Crippen molar-refractivity contribution in [3.63, 3.8) is 0 Å². The molecule has 2 N–H and O–H groups in total. The molecule has 9 heteroatoms. The summed E-state index contributed by atoms with van der Waals surface area (Å²) < 4.78 is 7.88. The quantitative estimate of drug-likeness (QED) is 0.396. The van der Waals surface area contributed by atoms with Crippen LogP contribution in [0.3, 0.4) is 0 Å². The number of rotatable bonds is 5. The normalized spacial score (nSPS) is 25.8. The minimum Gasteiger partial charge on any atom is -0.365 e. The predicted octanol–water partition coefficient (Wildman–Crippen LogP) is 2.97. The molecule has 0 bridgehead atoms. The van der Waals surface area contributed by atoms with Crippen molar-refractivity contribution in [3.8, 4) is 0 Å². The molecule has 184 valence electrons. The summed E-state index contributed by atoms with van der Waals surface area (Å²) in [6.07, 6.45) is 4.22. The zero-order chi connectivity index (χ0) is 24.4. The lowest BCUT2D eigenvalue weighted by atomic mass is 9.82. The van der Waals surface area contributed by atoms with E-state index in [4.69, 9.17) is 27.3 Å². The Morgan fingerprint density at radius 3 is 2.47 bits per heavy atom. The summed E-state index contributed by atoms with van der Waals surface area (Å²) in [7, 11) is 1.98. The van der Waals surface area contributed by atoms with Crippen LogP contribution in [-0.2, 0) is 27.8 Å². The van der Waals surface area contributed by atoms with Crippen LogP contribution < -0.4 is 5.84 Å². The molecule has 1 aromatic carbocycles. The van der Waals surface area contributed by atoms with Crippen molar-refractivity contribution in [2.24, 2.45) is 12.9 Å². The Hall–Kier alpha value is -2.26. The van der Waals surface area contributed by atoms with Crippen LogP contribution in [0.1, 0.15) is 55.5 Å². The maximum atomic E-state index is 12.7.